The highest BCUT2D eigenvalue weighted by atomic mass is 32.2. The van der Waals surface area contributed by atoms with Crippen LogP contribution in [-0.2, 0) is 23.9 Å². The molecule has 0 aromatic carbocycles. The number of Topliss-reactive ketones (excluding diaryl/α,β-unsaturated/α-hetero) is 1. The SMILES string of the molecule is COC(=O)[C@@H]1CSC2([C@H]1C(=O)OC)C(C)(C)C(=O)C2(C)C. The third kappa shape index (κ3) is 1.68. The average Bonchev–Trinajstić information content (AvgIpc) is 2.87. The van der Waals surface area contributed by atoms with Crippen LogP contribution in [0.4, 0.5) is 0 Å². The molecule has 1 saturated heterocycles. The van der Waals surface area contributed by atoms with Crippen LogP contribution in [0.3, 0.4) is 0 Å². The number of esters is 2. The number of thioether (sulfide) groups is 1. The molecular weight excluding hydrogens is 292 g/mol. The zero-order chi connectivity index (χ0) is 16.2. The van der Waals surface area contributed by atoms with Gasteiger partial charge in [-0.05, 0) is 0 Å². The molecule has 6 heteroatoms. The van der Waals surface area contributed by atoms with E-state index < -0.39 is 39.4 Å². The number of hydrogen-bond acceptors (Lipinski definition) is 6. The van der Waals surface area contributed by atoms with Gasteiger partial charge in [0.05, 0.1) is 30.8 Å². The highest BCUT2D eigenvalue weighted by Gasteiger charge is 2.80. The van der Waals surface area contributed by atoms with Gasteiger partial charge in [-0.1, -0.05) is 27.7 Å². The Morgan fingerprint density at radius 3 is 1.95 bits per heavy atom. The lowest BCUT2D eigenvalue weighted by molar-refractivity contribution is -0.177. The molecule has 0 bridgehead atoms. The zero-order valence-electron chi connectivity index (χ0n) is 13.3. The fourth-order valence-electron chi connectivity index (χ4n) is 4.48. The van der Waals surface area contributed by atoms with E-state index in [2.05, 4.69) is 0 Å². The van der Waals surface area contributed by atoms with Gasteiger partial charge in [0, 0.05) is 16.6 Å². The van der Waals surface area contributed by atoms with E-state index in [0.717, 1.165) is 0 Å². The Morgan fingerprint density at radius 2 is 1.52 bits per heavy atom. The Morgan fingerprint density at radius 1 is 1.05 bits per heavy atom. The van der Waals surface area contributed by atoms with Crippen molar-refractivity contribution in [2.24, 2.45) is 22.7 Å². The molecule has 1 saturated carbocycles. The van der Waals surface area contributed by atoms with Gasteiger partial charge < -0.3 is 9.47 Å². The number of carbonyl (C=O) groups is 3. The molecule has 0 N–H and O–H groups in total. The molecular formula is C15H22O5S. The van der Waals surface area contributed by atoms with Crippen LogP contribution in [0.15, 0.2) is 0 Å². The lowest BCUT2D eigenvalue weighted by Crippen LogP contribution is -2.75. The van der Waals surface area contributed by atoms with Gasteiger partial charge >= 0.3 is 11.9 Å². The number of rotatable bonds is 2. The average molecular weight is 314 g/mol. The van der Waals surface area contributed by atoms with Gasteiger partial charge in [0.1, 0.15) is 5.78 Å². The molecule has 21 heavy (non-hydrogen) atoms. The lowest BCUT2D eigenvalue weighted by Gasteiger charge is -2.65. The molecule has 118 valence electrons. The molecule has 2 aliphatic rings. The molecule has 2 rings (SSSR count). The maximum absolute atomic E-state index is 12.5. The standard InChI is InChI=1S/C15H22O5S/c1-13(2)12(18)14(3,4)15(13)9(11(17)20-6)8(7-21-15)10(16)19-5/h8-9H,7H2,1-6H3/t8-,9-/m1/s1. The summed E-state index contributed by atoms with van der Waals surface area (Å²) in [6.07, 6.45) is 0. The number of ether oxygens (including phenoxy) is 2. The van der Waals surface area contributed by atoms with Crippen molar-refractivity contribution in [1.82, 2.24) is 0 Å². The Hall–Kier alpha value is -1.04. The molecule has 0 aromatic rings. The van der Waals surface area contributed by atoms with Crippen molar-refractivity contribution in [3.05, 3.63) is 0 Å². The Kier molecular flexibility index (Phi) is 3.68. The van der Waals surface area contributed by atoms with Crippen molar-refractivity contribution < 1.29 is 23.9 Å². The van der Waals surface area contributed by atoms with E-state index in [1.54, 1.807) is 0 Å². The number of carbonyl (C=O) groups excluding carboxylic acids is 3. The van der Waals surface area contributed by atoms with Crippen LogP contribution in [0, 0.1) is 22.7 Å². The largest absolute Gasteiger partial charge is 0.469 e. The van der Waals surface area contributed by atoms with Gasteiger partial charge in [-0.15, -0.1) is 0 Å². The molecule has 1 spiro atoms. The van der Waals surface area contributed by atoms with Crippen molar-refractivity contribution in [2.75, 3.05) is 20.0 Å². The van der Waals surface area contributed by atoms with E-state index in [0.29, 0.717) is 5.75 Å². The summed E-state index contributed by atoms with van der Waals surface area (Å²) in [5.74, 6) is -1.51. The van der Waals surface area contributed by atoms with Crippen molar-refractivity contribution in [2.45, 2.75) is 32.4 Å². The number of hydrogen-bond donors (Lipinski definition) is 0. The van der Waals surface area contributed by atoms with Crippen LogP contribution < -0.4 is 0 Å². The molecule has 0 radical (unpaired) electrons. The van der Waals surface area contributed by atoms with Crippen LogP contribution in [0.5, 0.6) is 0 Å². The second-order valence-electron chi connectivity index (χ2n) is 6.76. The molecule has 1 heterocycles. The first kappa shape index (κ1) is 16.3. The monoisotopic (exact) mass is 314 g/mol. The Labute approximate surface area is 129 Å². The van der Waals surface area contributed by atoms with E-state index in [-0.39, 0.29) is 5.78 Å². The summed E-state index contributed by atoms with van der Waals surface area (Å²) in [6.45, 7) is 7.40. The van der Waals surface area contributed by atoms with Crippen molar-refractivity contribution >= 4 is 29.5 Å². The molecule has 2 fully saturated rings. The predicted molar refractivity (Wildman–Crippen MR) is 78.8 cm³/mol. The second kappa shape index (κ2) is 4.73. The van der Waals surface area contributed by atoms with Crippen LogP contribution >= 0.6 is 11.8 Å². The highest BCUT2D eigenvalue weighted by Crippen LogP contribution is 2.72. The van der Waals surface area contributed by atoms with Gasteiger partial charge in [-0.25, -0.2) is 0 Å². The summed E-state index contributed by atoms with van der Waals surface area (Å²) in [4.78, 5) is 36.9. The molecule has 0 unspecified atom stereocenters. The maximum atomic E-state index is 12.5. The minimum Gasteiger partial charge on any atom is -0.469 e. The molecule has 0 amide bonds. The fraction of sp³-hybridized carbons (Fsp3) is 0.800. The normalized spacial score (nSPS) is 31.6. The Balaban J connectivity index is 2.55. The van der Waals surface area contributed by atoms with Gasteiger partial charge in [0.25, 0.3) is 0 Å². The first-order chi connectivity index (χ1) is 9.59. The van der Waals surface area contributed by atoms with E-state index in [1.807, 2.05) is 27.7 Å². The summed E-state index contributed by atoms with van der Waals surface area (Å²) < 4.78 is 9.14. The minimum absolute atomic E-state index is 0.113. The number of ketones is 1. The predicted octanol–water partition coefficient (Wildman–Crippen LogP) is 1.69. The van der Waals surface area contributed by atoms with Crippen LogP contribution in [0.25, 0.3) is 0 Å². The summed E-state index contributed by atoms with van der Waals surface area (Å²) >= 11 is 1.53. The molecule has 2 atom stereocenters. The molecule has 5 nitrogen and oxygen atoms in total. The van der Waals surface area contributed by atoms with Gasteiger partial charge in [-0.3, -0.25) is 14.4 Å². The van der Waals surface area contributed by atoms with Crippen molar-refractivity contribution in [3.8, 4) is 0 Å². The van der Waals surface area contributed by atoms with Gasteiger partial charge in [0.2, 0.25) is 0 Å². The Bertz CT molecular complexity index is 490. The third-order valence-electron chi connectivity index (χ3n) is 5.28. The van der Waals surface area contributed by atoms with E-state index >= 15 is 0 Å². The third-order valence-corrected chi connectivity index (χ3v) is 7.54. The van der Waals surface area contributed by atoms with Crippen LogP contribution in [0.1, 0.15) is 27.7 Å². The van der Waals surface area contributed by atoms with Gasteiger partial charge in [-0.2, -0.15) is 11.8 Å². The summed E-state index contributed by atoms with van der Waals surface area (Å²) in [7, 11) is 2.63. The quantitative estimate of drug-likeness (QED) is 0.722. The fourth-order valence-corrected chi connectivity index (χ4v) is 6.60. The van der Waals surface area contributed by atoms with E-state index in [9.17, 15) is 14.4 Å². The topological polar surface area (TPSA) is 69.7 Å². The highest BCUT2D eigenvalue weighted by molar-refractivity contribution is 8.01. The first-order valence-corrected chi connectivity index (χ1v) is 7.92. The zero-order valence-corrected chi connectivity index (χ0v) is 14.1. The first-order valence-electron chi connectivity index (χ1n) is 6.94. The van der Waals surface area contributed by atoms with E-state index in [4.69, 9.17) is 9.47 Å². The molecule has 1 aliphatic carbocycles. The van der Waals surface area contributed by atoms with Crippen molar-refractivity contribution in [1.29, 1.82) is 0 Å². The lowest BCUT2D eigenvalue weighted by atomic mass is 9.42. The smallest absolute Gasteiger partial charge is 0.311 e. The number of methoxy groups -OCH3 is 2. The second-order valence-corrected chi connectivity index (χ2v) is 8.02. The molecule has 0 aromatic heterocycles. The maximum Gasteiger partial charge on any atom is 0.311 e. The molecule has 1 aliphatic heterocycles. The minimum atomic E-state index is -0.678. The summed E-state index contributed by atoms with van der Waals surface area (Å²) in [6, 6.07) is 0. The van der Waals surface area contributed by atoms with Crippen molar-refractivity contribution in [3.63, 3.8) is 0 Å². The van der Waals surface area contributed by atoms with Crippen LogP contribution in [0.2, 0.25) is 0 Å². The van der Waals surface area contributed by atoms with Crippen LogP contribution in [-0.4, -0.2) is 42.4 Å². The summed E-state index contributed by atoms with van der Waals surface area (Å²) in [5, 5.41) is 0. The van der Waals surface area contributed by atoms with E-state index in [1.165, 1.54) is 26.0 Å². The summed E-state index contributed by atoms with van der Waals surface area (Å²) in [5.41, 5.74) is -1.36. The van der Waals surface area contributed by atoms with Gasteiger partial charge in [0.15, 0.2) is 0 Å².